The molecule has 6 nitrogen and oxygen atoms in total. The topological polar surface area (TPSA) is 65.5 Å². The van der Waals surface area contributed by atoms with Crippen molar-refractivity contribution in [2.75, 3.05) is 46.7 Å². The highest BCUT2D eigenvalue weighted by Crippen LogP contribution is 2.22. The van der Waals surface area contributed by atoms with Crippen molar-refractivity contribution in [2.24, 2.45) is 0 Å². The van der Waals surface area contributed by atoms with Crippen LogP contribution in [0.3, 0.4) is 0 Å². The van der Waals surface area contributed by atoms with Gasteiger partial charge in [0.15, 0.2) is 0 Å². The van der Waals surface area contributed by atoms with Crippen LogP contribution < -0.4 is 10.5 Å². The van der Waals surface area contributed by atoms with Gasteiger partial charge in [-0.2, -0.15) is 0 Å². The van der Waals surface area contributed by atoms with Crippen LogP contribution in [-0.2, 0) is 11.3 Å². The molecule has 20 heavy (non-hydrogen) atoms. The van der Waals surface area contributed by atoms with Gasteiger partial charge in [0, 0.05) is 32.8 Å². The molecule has 0 spiro atoms. The third-order valence-corrected chi connectivity index (χ3v) is 3.37. The number of nitrogen functional groups attached to an aromatic ring is 1. The van der Waals surface area contributed by atoms with Crippen LogP contribution in [-0.4, -0.2) is 55.4 Å². The van der Waals surface area contributed by atoms with Gasteiger partial charge in [-0.3, -0.25) is 0 Å². The fourth-order valence-electron chi connectivity index (χ4n) is 2.12. The molecule has 0 saturated heterocycles. The fourth-order valence-corrected chi connectivity index (χ4v) is 2.12. The zero-order valence-corrected chi connectivity index (χ0v) is 12.3. The Kier molecular flexibility index (Phi) is 4.81. The van der Waals surface area contributed by atoms with Gasteiger partial charge in [-0.25, -0.2) is 4.98 Å². The molecule has 2 rings (SSSR count). The number of imidazole rings is 1. The number of methoxy groups -OCH3 is 2. The van der Waals surface area contributed by atoms with Gasteiger partial charge in [-0.15, -0.1) is 0 Å². The summed E-state index contributed by atoms with van der Waals surface area (Å²) in [4.78, 5) is 6.59. The third kappa shape index (κ3) is 3.20. The molecule has 2 N–H and O–H groups in total. The van der Waals surface area contributed by atoms with Gasteiger partial charge < -0.3 is 24.7 Å². The van der Waals surface area contributed by atoms with E-state index in [2.05, 4.69) is 16.9 Å². The van der Waals surface area contributed by atoms with Crippen LogP contribution in [0.5, 0.6) is 5.75 Å². The highest BCUT2D eigenvalue weighted by atomic mass is 16.5. The lowest BCUT2D eigenvalue weighted by Gasteiger charge is -2.17. The Morgan fingerprint density at radius 2 is 2.10 bits per heavy atom. The summed E-state index contributed by atoms with van der Waals surface area (Å²) in [7, 11) is 5.42. The van der Waals surface area contributed by atoms with Gasteiger partial charge in [-0.1, -0.05) is 0 Å². The summed E-state index contributed by atoms with van der Waals surface area (Å²) in [6, 6.07) is 5.82. The van der Waals surface area contributed by atoms with Crippen molar-refractivity contribution < 1.29 is 9.47 Å². The lowest BCUT2D eigenvalue weighted by atomic mass is 10.3. The van der Waals surface area contributed by atoms with Crippen molar-refractivity contribution in [1.82, 2.24) is 14.5 Å². The second-order valence-electron chi connectivity index (χ2n) is 4.77. The summed E-state index contributed by atoms with van der Waals surface area (Å²) in [5.41, 5.74) is 7.89. The molecule has 1 aromatic heterocycles. The Hall–Kier alpha value is -1.79. The summed E-state index contributed by atoms with van der Waals surface area (Å²) in [5, 5.41) is 0. The highest BCUT2D eigenvalue weighted by Gasteiger charge is 2.09. The molecule has 0 aliphatic rings. The van der Waals surface area contributed by atoms with Crippen molar-refractivity contribution in [1.29, 1.82) is 0 Å². The third-order valence-electron chi connectivity index (χ3n) is 3.37. The van der Waals surface area contributed by atoms with E-state index in [4.69, 9.17) is 15.2 Å². The van der Waals surface area contributed by atoms with E-state index >= 15 is 0 Å². The number of hydrogen-bond acceptors (Lipinski definition) is 5. The average Bonchev–Trinajstić information content (AvgIpc) is 2.77. The first kappa shape index (κ1) is 14.6. The minimum absolute atomic E-state index is 0.536. The van der Waals surface area contributed by atoms with Crippen molar-refractivity contribution >= 4 is 17.0 Å². The van der Waals surface area contributed by atoms with Crippen LogP contribution in [0.25, 0.3) is 11.0 Å². The maximum absolute atomic E-state index is 6.00. The van der Waals surface area contributed by atoms with Crippen LogP contribution in [0.1, 0.15) is 0 Å². The molecule has 2 aromatic rings. The van der Waals surface area contributed by atoms with E-state index in [1.807, 2.05) is 22.8 Å². The number of nitrogens with zero attached hydrogens (tertiary/aromatic N) is 3. The van der Waals surface area contributed by atoms with Crippen LogP contribution in [0.4, 0.5) is 5.95 Å². The van der Waals surface area contributed by atoms with E-state index < -0.39 is 0 Å². The van der Waals surface area contributed by atoms with Crippen molar-refractivity contribution in [2.45, 2.75) is 6.54 Å². The Labute approximate surface area is 119 Å². The number of aromatic nitrogens is 2. The van der Waals surface area contributed by atoms with Gasteiger partial charge in [-0.05, 0) is 19.2 Å². The normalized spacial score (nSPS) is 11.4. The van der Waals surface area contributed by atoms with Crippen molar-refractivity contribution in [3.8, 4) is 5.75 Å². The van der Waals surface area contributed by atoms with E-state index in [9.17, 15) is 0 Å². The average molecular weight is 278 g/mol. The Morgan fingerprint density at radius 3 is 2.80 bits per heavy atom. The first-order valence-corrected chi connectivity index (χ1v) is 6.63. The lowest BCUT2D eigenvalue weighted by molar-refractivity contribution is 0.159. The molecule has 1 aromatic carbocycles. The number of likely N-dealkylation sites (N-methyl/N-ethyl adjacent to an activating group) is 1. The van der Waals surface area contributed by atoms with Gasteiger partial charge >= 0.3 is 0 Å². The van der Waals surface area contributed by atoms with Gasteiger partial charge in [0.25, 0.3) is 0 Å². The van der Waals surface area contributed by atoms with Crippen LogP contribution >= 0.6 is 0 Å². The predicted molar refractivity (Wildman–Crippen MR) is 80.1 cm³/mol. The minimum Gasteiger partial charge on any atom is -0.497 e. The van der Waals surface area contributed by atoms with Crippen LogP contribution in [0, 0.1) is 0 Å². The molecule has 0 radical (unpaired) electrons. The molecular weight excluding hydrogens is 256 g/mol. The van der Waals surface area contributed by atoms with E-state index in [-0.39, 0.29) is 0 Å². The van der Waals surface area contributed by atoms with E-state index in [0.717, 1.165) is 43.0 Å². The first-order chi connectivity index (χ1) is 9.65. The summed E-state index contributed by atoms with van der Waals surface area (Å²) < 4.78 is 12.3. The SMILES string of the molecule is COCCN(C)CCn1c(N)nc2cc(OC)ccc21. The summed E-state index contributed by atoms with van der Waals surface area (Å²) >= 11 is 0. The van der Waals surface area contributed by atoms with E-state index in [1.165, 1.54) is 0 Å². The fraction of sp³-hybridized carbons (Fsp3) is 0.500. The molecule has 0 aliphatic carbocycles. The van der Waals surface area contributed by atoms with Gasteiger partial charge in [0.2, 0.25) is 5.95 Å². The molecule has 0 fully saturated rings. The Bertz CT molecular complexity index is 568. The maximum Gasteiger partial charge on any atom is 0.201 e. The maximum atomic E-state index is 6.00. The molecule has 110 valence electrons. The van der Waals surface area contributed by atoms with Gasteiger partial charge in [0.1, 0.15) is 5.75 Å². The Balaban J connectivity index is 2.11. The Morgan fingerprint density at radius 1 is 1.30 bits per heavy atom. The zero-order chi connectivity index (χ0) is 14.5. The molecule has 6 heteroatoms. The first-order valence-electron chi connectivity index (χ1n) is 6.63. The highest BCUT2D eigenvalue weighted by molar-refractivity contribution is 5.79. The molecule has 0 amide bonds. The lowest BCUT2D eigenvalue weighted by Crippen LogP contribution is -2.27. The number of hydrogen-bond donors (Lipinski definition) is 1. The molecule has 0 atom stereocenters. The quantitative estimate of drug-likeness (QED) is 0.824. The van der Waals surface area contributed by atoms with Gasteiger partial charge in [0.05, 0.1) is 24.8 Å². The number of ether oxygens (including phenoxy) is 2. The molecule has 0 saturated carbocycles. The smallest absolute Gasteiger partial charge is 0.201 e. The number of anilines is 1. The number of nitrogens with two attached hydrogens (primary N) is 1. The van der Waals surface area contributed by atoms with E-state index in [1.54, 1.807) is 14.2 Å². The number of rotatable bonds is 7. The molecule has 0 aliphatic heterocycles. The molecule has 0 bridgehead atoms. The molecule has 0 unspecified atom stereocenters. The molecular formula is C14H22N4O2. The predicted octanol–water partition coefficient (Wildman–Crippen LogP) is 1.21. The number of fused-ring (bicyclic) bond motifs is 1. The van der Waals surface area contributed by atoms with Crippen LogP contribution in [0.15, 0.2) is 18.2 Å². The second-order valence-corrected chi connectivity index (χ2v) is 4.77. The monoisotopic (exact) mass is 278 g/mol. The summed E-state index contributed by atoms with van der Waals surface area (Å²) in [6.07, 6.45) is 0. The standard InChI is InChI=1S/C14H22N4O2/c1-17(8-9-19-2)6-7-18-13-5-4-11(20-3)10-12(13)16-14(18)15/h4-5,10H,6-9H2,1-3H3,(H2,15,16). The van der Waals surface area contributed by atoms with E-state index in [0.29, 0.717) is 5.95 Å². The van der Waals surface area contributed by atoms with Crippen molar-refractivity contribution in [3.63, 3.8) is 0 Å². The second kappa shape index (κ2) is 6.58. The van der Waals surface area contributed by atoms with Crippen molar-refractivity contribution in [3.05, 3.63) is 18.2 Å². The molecule has 1 heterocycles. The summed E-state index contributed by atoms with van der Waals surface area (Å²) in [5.74, 6) is 1.33. The minimum atomic E-state index is 0.536. The largest absolute Gasteiger partial charge is 0.497 e. The zero-order valence-electron chi connectivity index (χ0n) is 12.3. The van der Waals surface area contributed by atoms with Crippen LogP contribution in [0.2, 0.25) is 0 Å². The number of benzene rings is 1. The summed E-state index contributed by atoms with van der Waals surface area (Å²) in [6.45, 7) is 3.32.